The lowest BCUT2D eigenvalue weighted by atomic mass is 10.1. The molecular formula is C12H19N7O2. The predicted octanol–water partition coefficient (Wildman–Crippen LogP) is -0.356. The molecule has 2 rings (SSSR count). The van der Waals surface area contributed by atoms with Gasteiger partial charge in [0.2, 0.25) is 11.9 Å². The minimum Gasteiger partial charge on any atom is -0.393 e. The Hall–Kier alpha value is -2.26. The normalized spacial score (nSPS) is 13.7. The highest BCUT2D eigenvalue weighted by Crippen LogP contribution is 2.10. The third-order valence-electron chi connectivity index (χ3n) is 2.64. The standard InChI is InChI=1S/C12H19N7O2/c1-3-13-9-16-10(14-7-12(2,21)8-20)18-11(17-9)19-6-4-5-15-19/h4-6,20-21H,3,7-8H2,1-2H3,(H2,13,14,16,17,18). The van der Waals surface area contributed by atoms with E-state index in [0.29, 0.717) is 24.4 Å². The van der Waals surface area contributed by atoms with Crippen molar-refractivity contribution < 1.29 is 10.2 Å². The Morgan fingerprint density at radius 3 is 2.52 bits per heavy atom. The van der Waals surface area contributed by atoms with Gasteiger partial charge in [0.15, 0.2) is 0 Å². The van der Waals surface area contributed by atoms with Crippen LogP contribution in [0.3, 0.4) is 0 Å². The Labute approximate surface area is 122 Å². The molecule has 114 valence electrons. The molecule has 0 bridgehead atoms. The molecular weight excluding hydrogens is 274 g/mol. The van der Waals surface area contributed by atoms with Gasteiger partial charge in [0.25, 0.3) is 5.95 Å². The van der Waals surface area contributed by atoms with Crippen LogP contribution in [0.4, 0.5) is 11.9 Å². The fourth-order valence-electron chi connectivity index (χ4n) is 1.50. The highest BCUT2D eigenvalue weighted by atomic mass is 16.3. The quantitative estimate of drug-likeness (QED) is 0.546. The van der Waals surface area contributed by atoms with Crippen LogP contribution in [0.25, 0.3) is 5.95 Å². The van der Waals surface area contributed by atoms with Gasteiger partial charge in [-0.1, -0.05) is 0 Å². The highest BCUT2D eigenvalue weighted by molar-refractivity contribution is 5.37. The lowest BCUT2D eigenvalue weighted by Crippen LogP contribution is -2.37. The Kier molecular flexibility index (Phi) is 4.66. The summed E-state index contributed by atoms with van der Waals surface area (Å²) in [6.45, 7) is 3.85. The van der Waals surface area contributed by atoms with Gasteiger partial charge in [-0.25, -0.2) is 4.68 Å². The van der Waals surface area contributed by atoms with Crippen molar-refractivity contribution in [2.45, 2.75) is 19.4 Å². The fourth-order valence-corrected chi connectivity index (χ4v) is 1.50. The van der Waals surface area contributed by atoms with Crippen LogP contribution in [0.2, 0.25) is 0 Å². The molecule has 2 aromatic rings. The summed E-state index contributed by atoms with van der Waals surface area (Å²) in [7, 11) is 0. The summed E-state index contributed by atoms with van der Waals surface area (Å²) in [5.41, 5.74) is -1.25. The van der Waals surface area contributed by atoms with Gasteiger partial charge in [-0.3, -0.25) is 0 Å². The minimum absolute atomic E-state index is 0.109. The number of nitrogens with zero attached hydrogens (tertiary/aromatic N) is 5. The maximum Gasteiger partial charge on any atom is 0.257 e. The number of hydrogen-bond donors (Lipinski definition) is 4. The molecule has 0 radical (unpaired) electrons. The van der Waals surface area contributed by atoms with Gasteiger partial charge in [0, 0.05) is 25.5 Å². The average Bonchev–Trinajstić information content (AvgIpc) is 3.00. The molecule has 1 atom stereocenters. The van der Waals surface area contributed by atoms with Gasteiger partial charge in [-0.05, 0) is 19.9 Å². The van der Waals surface area contributed by atoms with Crippen molar-refractivity contribution in [1.82, 2.24) is 24.7 Å². The Balaban J connectivity index is 2.24. The zero-order valence-electron chi connectivity index (χ0n) is 12.0. The van der Waals surface area contributed by atoms with E-state index in [1.807, 2.05) is 6.92 Å². The molecule has 0 aliphatic carbocycles. The van der Waals surface area contributed by atoms with Gasteiger partial charge in [0.1, 0.15) is 5.60 Å². The van der Waals surface area contributed by atoms with Crippen molar-refractivity contribution in [2.75, 3.05) is 30.3 Å². The summed E-state index contributed by atoms with van der Waals surface area (Å²) in [6, 6.07) is 1.76. The average molecular weight is 293 g/mol. The Morgan fingerprint density at radius 1 is 1.24 bits per heavy atom. The highest BCUT2D eigenvalue weighted by Gasteiger charge is 2.19. The van der Waals surface area contributed by atoms with E-state index in [4.69, 9.17) is 5.11 Å². The van der Waals surface area contributed by atoms with E-state index in [2.05, 4.69) is 30.7 Å². The molecule has 9 heteroatoms. The predicted molar refractivity (Wildman–Crippen MR) is 77.3 cm³/mol. The van der Waals surface area contributed by atoms with E-state index < -0.39 is 5.60 Å². The monoisotopic (exact) mass is 293 g/mol. The summed E-state index contributed by atoms with van der Waals surface area (Å²) in [5.74, 6) is 1.06. The number of aromatic nitrogens is 5. The number of aliphatic hydroxyl groups excluding tert-OH is 1. The van der Waals surface area contributed by atoms with Gasteiger partial charge < -0.3 is 20.8 Å². The maximum absolute atomic E-state index is 9.79. The van der Waals surface area contributed by atoms with E-state index in [0.717, 1.165) is 0 Å². The summed E-state index contributed by atoms with van der Waals surface area (Å²) in [6.07, 6.45) is 3.35. The van der Waals surface area contributed by atoms with Gasteiger partial charge >= 0.3 is 0 Å². The van der Waals surface area contributed by atoms with Crippen LogP contribution >= 0.6 is 0 Å². The van der Waals surface area contributed by atoms with E-state index in [1.54, 1.807) is 18.5 Å². The second-order valence-corrected chi connectivity index (χ2v) is 4.77. The topological polar surface area (TPSA) is 121 Å². The van der Waals surface area contributed by atoms with Crippen molar-refractivity contribution in [3.63, 3.8) is 0 Å². The summed E-state index contributed by atoms with van der Waals surface area (Å²) < 4.78 is 1.51. The first-order chi connectivity index (χ1) is 10.0. The van der Waals surface area contributed by atoms with Crippen LogP contribution in [-0.2, 0) is 0 Å². The molecule has 0 aliphatic heterocycles. The zero-order chi connectivity index (χ0) is 15.3. The molecule has 21 heavy (non-hydrogen) atoms. The SMILES string of the molecule is CCNc1nc(NCC(C)(O)CO)nc(-n2cccn2)n1. The van der Waals surface area contributed by atoms with Crippen LogP contribution < -0.4 is 10.6 Å². The molecule has 2 aromatic heterocycles. The van der Waals surface area contributed by atoms with E-state index in [-0.39, 0.29) is 13.2 Å². The molecule has 1 unspecified atom stereocenters. The van der Waals surface area contributed by atoms with Crippen LogP contribution in [0.15, 0.2) is 18.5 Å². The molecule has 0 amide bonds. The van der Waals surface area contributed by atoms with Crippen molar-refractivity contribution in [3.8, 4) is 5.95 Å². The second-order valence-electron chi connectivity index (χ2n) is 4.77. The van der Waals surface area contributed by atoms with Gasteiger partial charge in [-0.2, -0.15) is 20.1 Å². The lowest BCUT2D eigenvalue weighted by Gasteiger charge is -2.20. The molecule has 0 spiro atoms. The number of hydrogen-bond acceptors (Lipinski definition) is 8. The molecule has 0 fully saturated rings. The fraction of sp³-hybridized carbons (Fsp3) is 0.500. The van der Waals surface area contributed by atoms with Crippen LogP contribution in [-0.4, -0.2) is 60.2 Å². The third kappa shape index (κ3) is 4.10. The molecule has 4 N–H and O–H groups in total. The van der Waals surface area contributed by atoms with Crippen molar-refractivity contribution in [3.05, 3.63) is 18.5 Å². The smallest absolute Gasteiger partial charge is 0.257 e. The first-order valence-electron chi connectivity index (χ1n) is 6.61. The first kappa shape index (κ1) is 15.1. The number of anilines is 2. The zero-order valence-corrected chi connectivity index (χ0v) is 12.0. The van der Waals surface area contributed by atoms with E-state index in [9.17, 15) is 5.11 Å². The third-order valence-corrected chi connectivity index (χ3v) is 2.64. The molecule has 2 heterocycles. The Morgan fingerprint density at radius 2 is 1.95 bits per heavy atom. The van der Waals surface area contributed by atoms with E-state index in [1.165, 1.54) is 11.6 Å². The first-order valence-corrected chi connectivity index (χ1v) is 6.61. The van der Waals surface area contributed by atoms with Crippen LogP contribution in [0.5, 0.6) is 0 Å². The van der Waals surface area contributed by atoms with Crippen molar-refractivity contribution in [2.24, 2.45) is 0 Å². The van der Waals surface area contributed by atoms with Crippen molar-refractivity contribution in [1.29, 1.82) is 0 Å². The number of nitrogens with one attached hydrogen (secondary N) is 2. The minimum atomic E-state index is -1.25. The number of aliphatic hydroxyl groups is 2. The maximum atomic E-state index is 9.79. The van der Waals surface area contributed by atoms with E-state index >= 15 is 0 Å². The van der Waals surface area contributed by atoms with Gasteiger partial charge in [0.05, 0.1) is 6.61 Å². The summed E-state index contributed by atoms with van der Waals surface area (Å²) >= 11 is 0. The molecule has 0 aromatic carbocycles. The lowest BCUT2D eigenvalue weighted by molar-refractivity contribution is 0.0131. The Bertz CT molecular complexity index is 571. The molecule has 0 aliphatic rings. The second kappa shape index (κ2) is 6.46. The molecule has 9 nitrogen and oxygen atoms in total. The molecule has 0 saturated heterocycles. The van der Waals surface area contributed by atoms with Crippen LogP contribution in [0, 0.1) is 0 Å². The van der Waals surface area contributed by atoms with Crippen LogP contribution in [0.1, 0.15) is 13.8 Å². The molecule has 0 saturated carbocycles. The van der Waals surface area contributed by atoms with Gasteiger partial charge in [-0.15, -0.1) is 0 Å². The summed E-state index contributed by atoms with van der Waals surface area (Å²) in [5, 5.41) is 28.8. The van der Waals surface area contributed by atoms with Crippen molar-refractivity contribution >= 4 is 11.9 Å². The summed E-state index contributed by atoms with van der Waals surface area (Å²) in [4.78, 5) is 12.7. The number of rotatable bonds is 7. The largest absolute Gasteiger partial charge is 0.393 e.